The van der Waals surface area contributed by atoms with E-state index in [1.54, 1.807) is 17.9 Å². The minimum Gasteiger partial charge on any atom is -0.378 e. The molecule has 0 aromatic heterocycles. The fraction of sp³-hybridized carbons (Fsp3) is 0.611. The first-order valence-electron chi connectivity index (χ1n) is 8.89. The van der Waals surface area contributed by atoms with E-state index in [1.165, 1.54) is 6.07 Å². The van der Waals surface area contributed by atoms with Crippen LogP contribution in [0.15, 0.2) is 12.1 Å². The van der Waals surface area contributed by atoms with Crippen molar-refractivity contribution in [3.63, 3.8) is 0 Å². The van der Waals surface area contributed by atoms with E-state index >= 15 is 0 Å². The summed E-state index contributed by atoms with van der Waals surface area (Å²) < 4.78 is 5.77. The normalized spacial score (nSPS) is 21.4. The number of hydrogen-bond acceptors (Lipinski definition) is 4. The van der Waals surface area contributed by atoms with E-state index in [2.05, 4.69) is 5.32 Å². The third-order valence-electron chi connectivity index (χ3n) is 5.39. The molecule has 1 aromatic rings. The van der Waals surface area contributed by atoms with Crippen LogP contribution >= 0.6 is 0 Å². The van der Waals surface area contributed by atoms with E-state index in [-0.39, 0.29) is 11.7 Å². The fourth-order valence-corrected chi connectivity index (χ4v) is 3.86. The van der Waals surface area contributed by atoms with Gasteiger partial charge in [-0.1, -0.05) is 6.07 Å². The van der Waals surface area contributed by atoms with Crippen LogP contribution in [0.4, 0.5) is 16.2 Å². The zero-order chi connectivity index (χ0) is 18.0. The number of nitro groups is 1. The molecule has 3 rings (SSSR count). The predicted octanol–water partition coefficient (Wildman–Crippen LogP) is 3.63. The van der Waals surface area contributed by atoms with Gasteiger partial charge in [-0.25, -0.2) is 4.79 Å². The third kappa shape index (κ3) is 3.76. The van der Waals surface area contributed by atoms with Gasteiger partial charge in [0, 0.05) is 25.8 Å². The number of hydrogen-bond donors (Lipinski definition) is 1. The van der Waals surface area contributed by atoms with Crippen LogP contribution in [-0.4, -0.2) is 41.7 Å². The van der Waals surface area contributed by atoms with Crippen molar-refractivity contribution >= 4 is 17.4 Å². The molecule has 2 amide bonds. The van der Waals surface area contributed by atoms with Gasteiger partial charge in [-0.3, -0.25) is 10.1 Å². The minimum absolute atomic E-state index is 0.0259. The smallest absolute Gasteiger partial charge is 0.321 e. The van der Waals surface area contributed by atoms with Gasteiger partial charge >= 0.3 is 6.03 Å². The Morgan fingerprint density at radius 1 is 1.28 bits per heavy atom. The summed E-state index contributed by atoms with van der Waals surface area (Å²) in [7, 11) is 0. The van der Waals surface area contributed by atoms with E-state index in [0.29, 0.717) is 36.4 Å². The van der Waals surface area contributed by atoms with Crippen LogP contribution in [0.3, 0.4) is 0 Å². The molecule has 2 aliphatic heterocycles. The van der Waals surface area contributed by atoms with Gasteiger partial charge in [0.2, 0.25) is 0 Å². The van der Waals surface area contributed by atoms with E-state index in [0.717, 1.165) is 37.9 Å². The van der Waals surface area contributed by atoms with Crippen molar-refractivity contribution in [1.82, 2.24) is 4.90 Å². The minimum atomic E-state index is -0.419. The molecule has 1 N–H and O–H groups in total. The van der Waals surface area contributed by atoms with Crippen molar-refractivity contribution in [3.05, 3.63) is 33.4 Å². The summed E-state index contributed by atoms with van der Waals surface area (Å²) in [6.45, 7) is 5.77. The summed E-state index contributed by atoms with van der Waals surface area (Å²) in [5.41, 5.74) is 1.89. The Bertz CT molecular complexity index is 663. The number of carbonyl (C=O) groups excluding carboxylic acids is 1. The fourth-order valence-electron chi connectivity index (χ4n) is 3.86. The number of amides is 2. The molecule has 0 radical (unpaired) electrons. The van der Waals surface area contributed by atoms with Crippen LogP contribution in [0.5, 0.6) is 0 Å². The Balaban J connectivity index is 1.63. The molecule has 0 spiro atoms. The number of aryl methyl sites for hydroxylation is 1. The molecular formula is C18H25N3O4. The van der Waals surface area contributed by atoms with Gasteiger partial charge < -0.3 is 15.0 Å². The first-order valence-corrected chi connectivity index (χ1v) is 8.89. The quantitative estimate of drug-likeness (QED) is 0.668. The topological polar surface area (TPSA) is 84.7 Å². The summed E-state index contributed by atoms with van der Waals surface area (Å²) in [6, 6.07) is 2.97. The Morgan fingerprint density at radius 2 is 2.00 bits per heavy atom. The number of benzene rings is 1. The molecule has 0 unspecified atom stereocenters. The van der Waals surface area contributed by atoms with E-state index in [9.17, 15) is 14.9 Å². The van der Waals surface area contributed by atoms with Crippen LogP contribution in [0, 0.1) is 29.9 Å². The average molecular weight is 347 g/mol. The molecule has 7 nitrogen and oxygen atoms in total. The summed E-state index contributed by atoms with van der Waals surface area (Å²) >= 11 is 0. The van der Waals surface area contributed by atoms with Crippen molar-refractivity contribution in [2.75, 3.05) is 25.0 Å². The lowest BCUT2D eigenvalue weighted by atomic mass is 9.90. The maximum absolute atomic E-state index is 12.6. The van der Waals surface area contributed by atoms with Crippen molar-refractivity contribution in [2.24, 2.45) is 5.92 Å². The largest absolute Gasteiger partial charge is 0.378 e. The van der Waals surface area contributed by atoms with E-state index in [1.807, 2.05) is 6.92 Å². The molecule has 0 saturated carbocycles. The maximum Gasteiger partial charge on any atom is 0.321 e. The van der Waals surface area contributed by atoms with Crippen LogP contribution in [-0.2, 0) is 4.74 Å². The van der Waals surface area contributed by atoms with E-state index in [4.69, 9.17) is 4.74 Å². The Hall–Kier alpha value is -2.15. The van der Waals surface area contributed by atoms with Gasteiger partial charge in [0.05, 0.1) is 22.3 Å². The average Bonchev–Trinajstić information content (AvgIpc) is 3.13. The third-order valence-corrected chi connectivity index (χ3v) is 5.39. The highest BCUT2D eigenvalue weighted by atomic mass is 16.6. The number of rotatable bonds is 3. The number of nitrogens with zero attached hydrogens (tertiary/aromatic N) is 2. The second kappa shape index (κ2) is 7.39. The molecule has 2 saturated heterocycles. The first kappa shape index (κ1) is 17.7. The van der Waals surface area contributed by atoms with Gasteiger partial charge in [0.15, 0.2) is 0 Å². The number of nitro benzene ring substituents is 1. The van der Waals surface area contributed by atoms with Gasteiger partial charge in [-0.2, -0.15) is 0 Å². The second-order valence-electron chi connectivity index (χ2n) is 6.96. The van der Waals surface area contributed by atoms with Crippen LogP contribution in [0.1, 0.15) is 36.8 Å². The summed E-state index contributed by atoms with van der Waals surface area (Å²) in [4.78, 5) is 25.1. The van der Waals surface area contributed by atoms with Gasteiger partial charge in [-0.15, -0.1) is 0 Å². The SMILES string of the molecule is Cc1ccc([N+](=O)[O-])c(C)c1NC(=O)N1CCC([C@@H]2CCCO2)CC1. The van der Waals surface area contributed by atoms with Crippen LogP contribution in [0.25, 0.3) is 0 Å². The zero-order valence-corrected chi connectivity index (χ0v) is 14.8. The highest BCUT2D eigenvalue weighted by molar-refractivity contribution is 5.91. The number of ether oxygens (including phenoxy) is 1. The number of nitrogens with one attached hydrogen (secondary N) is 1. The molecule has 136 valence electrons. The molecule has 25 heavy (non-hydrogen) atoms. The van der Waals surface area contributed by atoms with E-state index < -0.39 is 4.92 Å². The molecule has 1 atom stereocenters. The molecular weight excluding hydrogens is 322 g/mol. The maximum atomic E-state index is 12.6. The van der Waals surface area contributed by atoms with Crippen molar-refractivity contribution in [2.45, 2.75) is 45.6 Å². The molecule has 2 aliphatic rings. The molecule has 2 fully saturated rings. The summed E-state index contributed by atoms with van der Waals surface area (Å²) in [6.07, 6.45) is 4.52. The van der Waals surface area contributed by atoms with Crippen LogP contribution < -0.4 is 5.32 Å². The second-order valence-corrected chi connectivity index (χ2v) is 6.96. The summed E-state index contributed by atoms with van der Waals surface area (Å²) in [5, 5.41) is 14.0. The first-order chi connectivity index (χ1) is 12.0. The number of carbonyl (C=O) groups is 1. The number of likely N-dealkylation sites (tertiary alicyclic amines) is 1. The highest BCUT2D eigenvalue weighted by Crippen LogP contribution is 2.31. The molecule has 7 heteroatoms. The number of piperidine rings is 1. The van der Waals surface area contributed by atoms with Crippen molar-refractivity contribution in [3.8, 4) is 0 Å². The Morgan fingerprint density at radius 3 is 2.60 bits per heavy atom. The molecule has 0 bridgehead atoms. The zero-order valence-electron chi connectivity index (χ0n) is 14.8. The predicted molar refractivity (Wildman–Crippen MR) is 94.9 cm³/mol. The van der Waals surface area contributed by atoms with Crippen molar-refractivity contribution < 1.29 is 14.5 Å². The highest BCUT2D eigenvalue weighted by Gasteiger charge is 2.31. The summed E-state index contributed by atoms with van der Waals surface area (Å²) in [5.74, 6) is 0.535. The Labute approximate surface area is 147 Å². The number of urea groups is 1. The van der Waals surface area contributed by atoms with Gasteiger partial charge in [0.1, 0.15) is 0 Å². The lowest BCUT2D eigenvalue weighted by Gasteiger charge is -2.34. The standard InChI is InChI=1S/C18H25N3O4/c1-12-5-6-15(21(23)24)13(2)17(12)19-18(22)20-9-7-14(8-10-20)16-4-3-11-25-16/h5-6,14,16H,3-4,7-11H2,1-2H3,(H,19,22)/t16-/m0/s1. The number of anilines is 1. The monoisotopic (exact) mass is 347 g/mol. The molecule has 1 aromatic carbocycles. The van der Waals surface area contributed by atoms with Crippen molar-refractivity contribution in [1.29, 1.82) is 0 Å². The van der Waals surface area contributed by atoms with Gasteiger partial charge in [0.25, 0.3) is 5.69 Å². The van der Waals surface area contributed by atoms with Gasteiger partial charge in [-0.05, 0) is 51.0 Å². The lowest BCUT2D eigenvalue weighted by Crippen LogP contribution is -2.43. The van der Waals surface area contributed by atoms with Crippen LogP contribution in [0.2, 0.25) is 0 Å². The lowest BCUT2D eigenvalue weighted by molar-refractivity contribution is -0.385. The Kier molecular flexibility index (Phi) is 5.22. The molecule has 2 heterocycles. The molecule has 0 aliphatic carbocycles.